The first kappa shape index (κ1) is 33.2. The number of amides is 2. The number of nitrogens with zero attached hydrogens (tertiary/aromatic N) is 4. The van der Waals surface area contributed by atoms with E-state index in [2.05, 4.69) is 15.3 Å². The van der Waals surface area contributed by atoms with Crippen LogP contribution in [-0.2, 0) is 28.6 Å². The van der Waals surface area contributed by atoms with Gasteiger partial charge in [-0.2, -0.15) is 4.98 Å². The lowest BCUT2D eigenvalue weighted by atomic mass is 10.1. The Morgan fingerprint density at radius 2 is 1.72 bits per heavy atom. The van der Waals surface area contributed by atoms with Crippen molar-refractivity contribution in [2.45, 2.75) is 25.8 Å². The van der Waals surface area contributed by atoms with Gasteiger partial charge in [0, 0.05) is 38.2 Å². The summed E-state index contributed by atoms with van der Waals surface area (Å²) in [6.07, 6.45) is -1.33. The number of nitrogens with one attached hydrogen (secondary N) is 1. The number of benzene rings is 1. The fourth-order valence-corrected chi connectivity index (χ4v) is 4.01. The van der Waals surface area contributed by atoms with E-state index in [1.54, 1.807) is 38.3 Å². The van der Waals surface area contributed by atoms with Crippen molar-refractivity contribution in [3.05, 3.63) is 42.1 Å². The Bertz CT molecular complexity index is 1210. The van der Waals surface area contributed by atoms with E-state index in [-0.39, 0.29) is 76.2 Å². The van der Waals surface area contributed by atoms with E-state index in [4.69, 9.17) is 23.8 Å². The molecular formula is C28H37N5O10. The van der Waals surface area contributed by atoms with Crippen molar-refractivity contribution in [1.29, 1.82) is 0 Å². The molecule has 0 radical (unpaired) electrons. The summed E-state index contributed by atoms with van der Waals surface area (Å²) >= 11 is 0. The highest BCUT2D eigenvalue weighted by atomic mass is 16.8. The van der Waals surface area contributed by atoms with Gasteiger partial charge in [-0.25, -0.2) is 9.78 Å². The predicted octanol–water partition coefficient (Wildman–Crippen LogP) is 1.38. The number of rotatable bonds is 16. The molecule has 234 valence electrons. The summed E-state index contributed by atoms with van der Waals surface area (Å²) in [5, 5.41) is 13.3. The highest BCUT2D eigenvalue weighted by Gasteiger charge is 2.31. The smallest absolute Gasteiger partial charge is 0.481 e. The molecule has 0 bridgehead atoms. The standard InChI is InChI=1S/C28H37N5O10/c1-3-41-28(38)43-33-13-11-32(12-14-33)27(37)21(9-10-24(34)35)30-26(36)22-19-23(42-18-17-40-16-15-39-2)31-25(29-22)20-7-5-4-6-8-20/h4-8,19,21H,3,9-18H2,1-2H3,(H,30,36)(H,34,35)/t21-/m0/s1. The minimum absolute atomic E-state index is 0.0649. The van der Waals surface area contributed by atoms with Crippen molar-refractivity contribution in [2.75, 3.05) is 66.3 Å². The molecule has 1 fully saturated rings. The molecule has 0 unspecified atom stereocenters. The number of carbonyl (C=O) groups is 4. The van der Waals surface area contributed by atoms with Crippen LogP contribution in [0.15, 0.2) is 36.4 Å². The zero-order chi connectivity index (χ0) is 31.0. The van der Waals surface area contributed by atoms with E-state index < -0.39 is 30.0 Å². The monoisotopic (exact) mass is 603 g/mol. The highest BCUT2D eigenvalue weighted by Crippen LogP contribution is 2.20. The van der Waals surface area contributed by atoms with Gasteiger partial charge in [0.15, 0.2) is 5.82 Å². The lowest BCUT2D eigenvalue weighted by Gasteiger charge is -2.35. The summed E-state index contributed by atoms with van der Waals surface area (Å²) in [6, 6.07) is 9.19. The maximum Gasteiger partial charge on any atom is 0.527 e. The number of hydrogen-bond donors (Lipinski definition) is 2. The number of carbonyl (C=O) groups excluding carboxylic acids is 3. The molecule has 0 saturated carbocycles. The molecule has 2 aromatic rings. The van der Waals surface area contributed by atoms with E-state index in [9.17, 15) is 24.3 Å². The molecule has 0 aliphatic carbocycles. The first-order valence-electron chi connectivity index (χ1n) is 13.9. The van der Waals surface area contributed by atoms with Crippen molar-refractivity contribution in [3.8, 4) is 17.3 Å². The third kappa shape index (κ3) is 11.1. The van der Waals surface area contributed by atoms with Gasteiger partial charge >= 0.3 is 12.1 Å². The van der Waals surface area contributed by atoms with Gasteiger partial charge in [0.1, 0.15) is 18.3 Å². The second-order valence-corrected chi connectivity index (χ2v) is 9.22. The topological polar surface area (TPSA) is 179 Å². The van der Waals surface area contributed by atoms with Crippen LogP contribution >= 0.6 is 0 Å². The summed E-state index contributed by atoms with van der Waals surface area (Å²) in [4.78, 5) is 65.1. The number of aliphatic carboxylic acids is 1. The molecule has 1 aliphatic heterocycles. The van der Waals surface area contributed by atoms with Gasteiger partial charge in [0.2, 0.25) is 11.8 Å². The quantitative estimate of drug-likeness (QED) is 0.208. The van der Waals surface area contributed by atoms with Crippen LogP contribution in [0.1, 0.15) is 30.3 Å². The number of piperazine rings is 1. The maximum atomic E-state index is 13.4. The SMILES string of the molecule is CCOC(=O)ON1CCN(C(=O)[C@H](CCC(=O)O)NC(=O)c2cc(OCCOCCOC)nc(-c3ccccc3)n2)CC1. The van der Waals surface area contributed by atoms with Crippen molar-refractivity contribution < 1.29 is 48.1 Å². The average molecular weight is 604 g/mol. The van der Waals surface area contributed by atoms with E-state index >= 15 is 0 Å². The zero-order valence-electron chi connectivity index (χ0n) is 24.2. The maximum absolute atomic E-state index is 13.4. The molecule has 2 heterocycles. The number of carboxylic acids is 1. The van der Waals surface area contributed by atoms with E-state index in [0.29, 0.717) is 18.8 Å². The summed E-state index contributed by atoms with van der Waals surface area (Å²) < 4.78 is 20.8. The van der Waals surface area contributed by atoms with Gasteiger partial charge in [0.05, 0.1) is 39.5 Å². The Kier molecular flexibility index (Phi) is 13.6. The lowest BCUT2D eigenvalue weighted by Crippen LogP contribution is -2.55. The molecule has 1 aliphatic rings. The molecule has 1 aromatic heterocycles. The number of methoxy groups -OCH3 is 1. The second-order valence-electron chi connectivity index (χ2n) is 9.22. The Hall–Kier alpha value is -4.34. The Morgan fingerprint density at radius 3 is 2.40 bits per heavy atom. The van der Waals surface area contributed by atoms with Gasteiger partial charge in [-0.1, -0.05) is 30.3 Å². The molecule has 43 heavy (non-hydrogen) atoms. The number of aromatic nitrogens is 2. The van der Waals surface area contributed by atoms with Crippen LogP contribution in [0.3, 0.4) is 0 Å². The first-order valence-corrected chi connectivity index (χ1v) is 13.9. The predicted molar refractivity (Wildman–Crippen MR) is 150 cm³/mol. The van der Waals surface area contributed by atoms with Crippen molar-refractivity contribution >= 4 is 23.9 Å². The van der Waals surface area contributed by atoms with Crippen molar-refractivity contribution in [1.82, 2.24) is 25.2 Å². The number of hydroxylamine groups is 2. The Labute approximate surface area is 249 Å². The Morgan fingerprint density at radius 1 is 1.00 bits per heavy atom. The Balaban J connectivity index is 1.73. The molecule has 1 atom stereocenters. The largest absolute Gasteiger partial charge is 0.527 e. The van der Waals surface area contributed by atoms with E-state index in [1.807, 2.05) is 6.07 Å². The van der Waals surface area contributed by atoms with Gasteiger partial charge < -0.3 is 39.1 Å². The van der Waals surface area contributed by atoms with E-state index in [0.717, 1.165) is 0 Å². The summed E-state index contributed by atoms with van der Waals surface area (Å²) in [7, 11) is 1.57. The van der Waals surface area contributed by atoms with Crippen molar-refractivity contribution in [2.24, 2.45) is 0 Å². The van der Waals surface area contributed by atoms with E-state index in [1.165, 1.54) is 16.0 Å². The molecule has 15 nitrogen and oxygen atoms in total. The van der Waals surface area contributed by atoms with Crippen LogP contribution in [-0.4, -0.2) is 121 Å². The van der Waals surface area contributed by atoms with Crippen LogP contribution in [0.4, 0.5) is 4.79 Å². The highest BCUT2D eigenvalue weighted by molar-refractivity contribution is 5.96. The van der Waals surface area contributed by atoms with Crippen molar-refractivity contribution in [3.63, 3.8) is 0 Å². The molecule has 0 spiro atoms. The number of carboxylic acid groups (broad SMARTS) is 1. The summed E-state index contributed by atoms with van der Waals surface area (Å²) in [5.41, 5.74) is 0.574. The summed E-state index contributed by atoms with van der Waals surface area (Å²) in [6.45, 7) is 3.88. The first-order chi connectivity index (χ1) is 20.8. The fourth-order valence-electron chi connectivity index (χ4n) is 4.01. The van der Waals surface area contributed by atoms with Gasteiger partial charge in [-0.05, 0) is 13.3 Å². The minimum atomic E-state index is -1.14. The normalized spacial score (nSPS) is 14.0. The second kappa shape index (κ2) is 17.6. The molecule has 15 heteroatoms. The van der Waals surface area contributed by atoms with Gasteiger partial charge in [-0.15, -0.1) is 5.06 Å². The van der Waals surface area contributed by atoms with Crippen LogP contribution < -0.4 is 10.1 Å². The molecule has 1 aromatic carbocycles. The lowest BCUT2D eigenvalue weighted by molar-refractivity contribution is -0.157. The molecular weight excluding hydrogens is 566 g/mol. The van der Waals surface area contributed by atoms with Gasteiger partial charge in [0.25, 0.3) is 5.91 Å². The van der Waals surface area contributed by atoms with Crippen LogP contribution in [0.5, 0.6) is 5.88 Å². The molecule has 3 rings (SSSR count). The van der Waals surface area contributed by atoms with Crippen LogP contribution in [0.25, 0.3) is 11.4 Å². The number of ether oxygens (including phenoxy) is 4. The minimum Gasteiger partial charge on any atom is -0.481 e. The van der Waals surface area contributed by atoms with Crippen LogP contribution in [0.2, 0.25) is 0 Å². The third-order valence-electron chi connectivity index (χ3n) is 6.14. The zero-order valence-corrected chi connectivity index (χ0v) is 24.2. The van der Waals surface area contributed by atoms with Gasteiger partial charge in [-0.3, -0.25) is 14.4 Å². The average Bonchev–Trinajstić information content (AvgIpc) is 3.01. The van der Waals surface area contributed by atoms with Crippen LogP contribution in [0, 0.1) is 0 Å². The fraction of sp³-hybridized carbons (Fsp3) is 0.500. The molecule has 2 N–H and O–H groups in total. The molecule has 2 amide bonds. The molecule has 1 saturated heterocycles. The third-order valence-corrected chi connectivity index (χ3v) is 6.14. The number of hydrogen-bond acceptors (Lipinski definition) is 12. The summed E-state index contributed by atoms with van der Waals surface area (Å²) in [5.74, 6) is -1.92.